The summed E-state index contributed by atoms with van der Waals surface area (Å²) < 4.78 is 0. The Morgan fingerprint density at radius 1 is 1.60 bits per heavy atom. The minimum atomic E-state index is -1.16. The quantitative estimate of drug-likeness (QED) is 0.354. The predicted octanol–water partition coefficient (Wildman–Crippen LogP) is 2.45. The molecule has 0 heterocycles. The van der Waals surface area contributed by atoms with Crippen LogP contribution in [-0.2, 0) is 0 Å². The van der Waals surface area contributed by atoms with Crippen LogP contribution in [0, 0.1) is 6.92 Å². The molecule has 1 aromatic rings. The maximum atomic E-state index is 10.8. The lowest BCUT2D eigenvalue weighted by molar-refractivity contribution is 0.0696. The molecule has 0 spiro atoms. The maximum Gasteiger partial charge on any atom is 0.335 e. The van der Waals surface area contributed by atoms with E-state index in [1.54, 1.807) is 0 Å². The van der Waals surface area contributed by atoms with E-state index in [9.17, 15) is 9.59 Å². The Kier molecular flexibility index (Phi) is 3.05. The van der Waals surface area contributed by atoms with E-state index in [-0.39, 0.29) is 16.8 Å². The summed E-state index contributed by atoms with van der Waals surface area (Å²) in [6.07, 6.45) is 0.502. The van der Waals surface area contributed by atoms with E-state index in [1.807, 2.05) is 0 Å². The first-order valence-corrected chi connectivity index (χ1v) is 3.98. The summed E-state index contributed by atoms with van der Waals surface area (Å²) in [7, 11) is 0. The Morgan fingerprint density at radius 2 is 2.27 bits per heavy atom. The molecule has 0 aliphatic heterocycles. The summed E-state index contributed by atoms with van der Waals surface area (Å²) in [4.78, 5) is 23.9. The van der Waals surface area contributed by atoms with Crippen LogP contribution < -0.4 is 0 Å². The molecule has 0 radical (unpaired) electrons. The molecule has 0 aliphatic rings. The van der Waals surface area contributed by atoms with E-state index >= 15 is 0 Å². The molecular formula is C9H7N3O3. The summed E-state index contributed by atoms with van der Waals surface area (Å²) >= 11 is 0. The molecule has 1 aromatic carbocycles. The van der Waals surface area contributed by atoms with Crippen LogP contribution in [0.1, 0.15) is 26.3 Å². The lowest BCUT2D eigenvalue weighted by atomic mass is 10.0. The van der Waals surface area contributed by atoms with Crippen LogP contribution in [0.15, 0.2) is 17.2 Å². The van der Waals surface area contributed by atoms with Gasteiger partial charge in [0.15, 0.2) is 0 Å². The fraction of sp³-hybridized carbons (Fsp3) is 0.111. The van der Waals surface area contributed by atoms with Crippen molar-refractivity contribution >= 4 is 17.9 Å². The number of carbonyl (C=O) groups is 2. The standard InChI is InChI=1S/C9H7N3O3/c1-5-7(9(14)15)2-6(4-13)3-8(5)11-12-10/h2-4H,1H3,(H,14,15). The molecule has 15 heavy (non-hydrogen) atoms. The number of carboxylic acid groups (broad SMARTS) is 1. The van der Waals surface area contributed by atoms with Gasteiger partial charge in [-0.1, -0.05) is 5.11 Å². The molecule has 0 saturated heterocycles. The van der Waals surface area contributed by atoms with Crippen molar-refractivity contribution in [3.63, 3.8) is 0 Å². The Labute approximate surface area is 84.8 Å². The van der Waals surface area contributed by atoms with Crippen molar-refractivity contribution in [3.8, 4) is 0 Å². The van der Waals surface area contributed by atoms with Crippen LogP contribution in [-0.4, -0.2) is 17.4 Å². The lowest BCUT2D eigenvalue weighted by Crippen LogP contribution is -2.01. The fourth-order valence-corrected chi connectivity index (χ4v) is 1.16. The molecule has 0 saturated carbocycles. The van der Waals surface area contributed by atoms with Gasteiger partial charge >= 0.3 is 5.97 Å². The highest BCUT2D eigenvalue weighted by molar-refractivity contribution is 5.93. The molecule has 0 bridgehead atoms. The second kappa shape index (κ2) is 4.26. The molecule has 6 nitrogen and oxygen atoms in total. The van der Waals surface area contributed by atoms with Crippen molar-refractivity contribution in [3.05, 3.63) is 39.3 Å². The van der Waals surface area contributed by atoms with Gasteiger partial charge < -0.3 is 5.11 Å². The highest BCUT2D eigenvalue weighted by Gasteiger charge is 2.11. The van der Waals surface area contributed by atoms with Crippen molar-refractivity contribution in [1.82, 2.24) is 0 Å². The van der Waals surface area contributed by atoms with Gasteiger partial charge in [0.05, 0.1) is 5.56 Å². The minimum absolute atomic E-state index is 0.0398. The van der Waals surface area contributed by atoms with E-state index in [4.69, 9.17) is 10.6 Å². The van der Waals surface area contributed by atoms with Crippen LogP contribution in [0.25, 0.3) is 10.4 Å². The summed E-state index contributed by atoms with van der Waals surface area (Å²) in [5.74, 6) is -1.16. The van der Waals surface area contributed by atoms with Crippen LogP contribution >= 0.6 is 0 Å². The zero-order chi connectivity index (χ0) is 11.4. The van der Waals surface area contributed by atoms with Crippen molar-refractivity contribution in [1.29, 1.82) is 0 Å². The number of aromatic carboxylic acids is 1. The number of carbonyl (C=O) groups excluding carboxylic acids is 1. The third kappa shape index (κ3) is 2.12. The molecule has 1 rings (SSSR count). The van der Waals surface area contributed by atoms with Crippen molar-refractivity contribution < 1.29 is 14.7 Å². The number of aldehydes is 1. The highest BCUT2D eigenvalue weighted by Crippen LogP contribution is 2.24. The van der Waals surface area contributed by atoms with E-state index in [0.717, 1.165) is 0 Å². The lowest BCUT2D eigenvalue weighted by Gasteiger charge is -2.04. The van der Waals surface area contributed by atoms with Gasteiger partial charge in [-0.3, -0.25) is 4.79 Å². The monoisotopic (exact) mass is 205 g/mol. The molecule has 0 aromatic heterocycles. The molecule has 0 amide bonds. The molecule has 0 unspecified atom stereocenters. The summed E-state index contributed by atoms with van der Waals surface area (Å²) in [6.45, 7) is 1.52. The van der Waals surface area contributed by atoms with E-state index in [1.165, 1.54) is 19.1 Å². The summed E-state index contributed by atoms with van der Waals surface area (Å²) in [5, 5.41) is 12.1. The van der Waals surface area contributed by atoms with Gasteiger partial charge in [-0.25, -0.2) is 4.79 Å². The maximum absolute atomic E-state index is 10.8. The number of nitrogens with zero attached hydrogens (tertiary/aromatic N) is 3. The van der Waals surface area contributed by atoms with E-state index < -0.39 is 5.97 Å². The van der Waals surface area contributed by atoms with Gasteiger partial charge in [0, 0.05) is 16.2 Å². The topological polar surface area (TPSA) is 103 Å². The molecule has 76 valence electrons. The largest absolute Gasteiger partial charge is 0.478 e. The Hall–Kier alpha value is -2.33. The van der Waals surface area contributed by atoms with Crippen LogP contribution in [0.4, 0.5) is 5.69 Å². The normalized spacial score (nSPS) is 9.13. The van der Waals surface area contributed by atoms with Crippen molar-refractivity contribution in [2.24, 2.45) is 5.11 Å². The first-order valence-electron chi connectivity index (χ1n) is 3.98. The van der Waals surface area contributed by atoms with Crippen molar-refractivity contribution in [2.75, 3.05) is 0 Å². The van der Waals surface area contributed by atoms with Gasteiger partial charge in [0.25, 0.3) is 0 Å². The number of benzene rings is 1. The van der Waals surface area contributed by atoms with Crippen LogP contribution in [0.2, 0.25) is 0 Å². The number of carboxylic acids is 1. The molecule has 0 atom stereocenters. The van der Waals surface area contributed by atoms with Gasteiger partial charge in [0.2, 0.25) is 0 Å². The van der Waals surface area contributed by atoms with Crippen molar-refractivity contribution in [2.45, 2.75) is 6.92 Å². The average molecular weight is 205 g/mol. The molecule has 6 heteroatoms. The first-order chi connectivity index (χ1) is 7.10. The number of hydrogen-bond acceptors (Lipinski definition) is 3. The minimum Gasteiger partial charge on any atom is -0.478 e. The fourth-order valence-electron chi connectivity index (χ4n) is 1.16. The predicted molar refractivity (Wildman–Crippen MR) is 52.3 cm³/mol. The Bertz CT molecular complexity index is 452. The van der Waals surface area contributed by atoms with E-state index in [0.29, 0.717) is 11.8 Å². The molecule has 0 aliphatic carbocycles. The summed E-state index contributed by atoms with van der Waals surface area (Å²) in [6, 6.07) is 2.58. The van der Waals surface area contributed by atoms with Crippen LogP contribution in [0.3, 0.4) is 0 Å². The van der Waals surface area contributed by atoms with Crippen LogP contribution in [0.5, 0.6) is 0 Å². The first kappa shape index (κ1) is 10.7. The van der Waals surface area contributed by atoms with Gasteiger partial charge in [-0.05, 0) is 30.2 Å². The highest BCUT2D eigenvalue weighted by atomic mass is 16.4. The second-order valence-electron chi connectivity index (χ2n) is 2.83. The molecule has 1 N–H and O–H groups in total. The number of hydrogen-bond donors (Lipinski definition) is 1. The van der Waals surface area contributed by atoms with Gasteiger partial charge in [-0.2, -0.15) is 0 Å². The summed E-state index contributed by atoms with van der Waals surface area (Å²) in [5.41, 5.74) is 8.88. The Balaban J connectivity index is 3.53. The smallest absolute Gasteiger partial charge is 0.335 e. The Morgan fingerprint density at radius 3 is 2.73 bits per heavy atom. The molecular weight excluding hydrogens is 198 g/mol. The van der Waals surface area contributed by atoms with E-state index in [2.05, 4.69) is 10.0 Å². The third-order valence-corrected chi connectivity index (χ3v) is 1.92. The van der Waals surface area contributed by atoms with Gasteiger partial charge in [-0.15, -0.1) is 0 Å². The molecule has 0 fully saturated rings. The zero-order valence-corrected chi connectivity index (χ0v) is 7.84. The average Bonchev–Trinajstić information content (AvgIpc) is 2.21. The van der Waals surface area contributed by atoms with Gasteiger partial charge in [0.1, 0.15) is 6.29 Å². The second-order valence-corrected chi connectivity index (χ2v) is 2.83. The number of rotatable bonds is 3. The SMILES string of the molecule is Cc1c(N=[N+]=[N-])cc(C=O)cc1C(=O)O. The third-order valence-electron chi connectivity index (χ3n) is 1.92. The zero-order valence-electron chi connectivity index (χ0n) is 7.84. The number of azide groups is 1.